The molecule has 6 nitrogen and oxygen atoms in total. The van der Waals surface area contributed by atoms with Gasteiger partial charge in [0.15, 0.2) is 11.7 Å². The molecule has 28 heavy (non-hydrogen) atoms. The van der Waals surface area contributed by atoms with Crippen molar-refractivity contribution < 1.29 is 18.7 Å². The number of carbonyl (C=O) groups is 1. The minimum atomic E-state index is 0.0156. The van der Waals surface area contributed by atoms with Crippen LogP contribution >= 0.6 is 0 Å². The maximum Gasteiger partial charge on any atom is 0.220 e. The number of oxazole rings is 1. The number of nitrogens with one attached hydrogen (secondary N) is 1. The predicted molar refractivity (Wildman–Crippen MR) is 107 cm³/mol. The predicted octanol–water partition coefficient (Wildman–Crippen LogP) is 4.14. The Balaban J connectivity index is 1.31. The van der Waals surface area contributed by atoms with Crippen LogP contribution in [-0.2, 0) is 16.0 Å². The highest BCUT2D eigenvalue weighted by atomic mass is 16.5. The normalized spacial score (nSPS) is 14.8. The van der Waals surface area contributed by atoms with Crippen molar-refractivity contribution in [2.45, 2.75) is 57.5 Å². The van der Waals surface area contributed by atoms with Crippen LogP contribution in [0.2, 0.25) is 0 Å². The van der Waals surface area contributed by atoms with E-state index < -0.39 is 0 Å². The first-order valence-electron chi connectivity index (χ1n) is 10.2. The second-order valence-electron chi connectivity index (χ2n) is 7.18. The van der Waals surface area contributed by atoms with Gasteiger partial charge in [0.2, 0.25) is 5.91 Å². The fourth-order valence-corrected chi connectivity index (χ4v) is 3.41. The van der Waals surface area contributed by atoms with Crippen molar-refractivity contribution in [3.63, 3.8) is 0 Å². The Morgan fingerprint density at radius 2 is 2.00 bits per heavy atom. The summed E-state index contributed by atoms with van der Waals surface area (Å²) in [5.41, 5.74) is 0.932. The number of rotatable bonds is 10. The first kappa shape index (κ1) is 20.4. The molecule has 1 amide bonds. The number of amides is 1. The second kappa shape index (κ2) is 10.9. The fraction of sp³-hybridized carbons (Fsp3) is 0.545. The van der Waals surface area contributed by atoms with Crippen LogP contribution in [0.15, 0.2) is 34.9 Å². The van der Waals surface area contributed by atoms with Gasteiger partial charge in [0.1, 0.15) is 5.75 Å². The number of hydrogen-bond acceptors (Lipinski definition) is 5. The molecule has 0 bridgehead atoms. The summed E-state index contributed by atoms with van der Waals surface area (Å²) >= 11 is 0. The Morgan fingerprint density at radius 3 is 2.75 bits per heavy atom. The summed E-state index contributed by atoms with van der Waals surface area (Å²) in [5, 5.41) is 2.94. The molecule has 6 heteroatoms. The summed E-state index contributed by atoms with van der Waals surface area (Å²) in [6.45, 7) is 1.37. The number of methoxy groups -OCH3 is 1. The topological polar surface area (TPSA) is 73.6 Å². The lowest BCUT2D eigenvalue weighted by atomic mass is 9.98. The smallest absolute Gasteiger partial charge is 0.220 e. The molecule has 1 aromatic carbocycles. The van der Waals surface area contributed by atoms with E-state index in [0.29, 0.717) is 37.1 Å². The molecule has 0 radical (unpaired) electrons. The summed E-state index contributed by atoms with van der Waals surface area (Å²) in [5.74, 6) is 2.07. The molecule has 1 aliphatic carbocycles. The molecular formula is C22H30N2O4. The Labute approximate surface area is 166 Å². The highest BCUT2D eigenvalue weighted by molar-refractivity contribution is 5.76. The van der Waals surface area contributed by atoms with E-state index in [2.05, 4.69) is 10.3 Å². The van der Waals surface area contributed by atoms with Gasteiger partial charge in [0.05, 0.1) is 19.4 Å². The number of aromatic nitrogens is 1. The van der Waals surface area contributed by atoms with Crippen LogP contribution in [0.4, 0.5) is 0 Å². The van der Waals surface area contributed by atoms with Crippen LogP contribution in [0.1, 0.15) is 50.8 Å². The number of hydrogen-bond donors (Lipinski definition) is 1. The van der Waals surface area contributed by atoms with E-state index in [1.165, 1.54) is 32.1 Å². The summed E-state index contributed by atoms with van der Waals surface area (Å²) < 4.78 is 16.8. The maximum absolute atomic E-state index is 12.0. The van der Waals surface area contributed by atoms with Gasteiger partial charge in [-0.15, -0.1) is 0 Å². The average Bonchev–Trinajstić information content (AvgIpc) is 3.22. The van der Waals surface area contributed by atoms with Gasteiger partial charge >= 0.3 is 0 Å². The lowest BCUT2D eigenvalue weighted by Crippen LogP contribution is -2.26. The van der Waals surface area contributed by atoms with Crippen molar-refractivity contribution in [2.24, 2.45) is 0 Å². The molecule has 1 aromatic heterocycles. The molecular weight excluding hydrogens is 356 g/mol. The highest BCUT2D eigenvalue weighted by Crippen LogP contribution is 2.23. The molecule has 1 N–H and O–H groups in total. The van der Waals surface area contributed by atoms with Crippen LogP contribution in [0.3, 0.4) is 0 Å². The molecule has 0 saturated heterocycles. The number of ether oxygens (including phenoxy) is 2. The summed E-state index contributed by atoms with van der Waals surface area (Å²) in [6.07, 6.45) is 10.1. The third-order valence-electron chi connectivity index (χ3n) is 5.04. The van der Waals surface area contributed by atoms with Crippen molar-refractivity contribution >= 4 is 5.91 Å². The zero-order chi connectivity index (χ0) is 19.6. The first-order valence-corrected chi connectivity index (χ1v) is 10.2. The number of aryl methyl sites for hydroxylation is 1. The summed E-state index contributed by atoms with van der Waals surface area (Å²) in [7, 11) is 1.64. The van der Waals surface area contributed by atoms with Crippen LogP contribution in [0.25, 0.3) is 11.3 Å². The monoisotopic (exact) mass is 386 g/mol. The van der Waals surface area contributed by atoms with Gasteiger partial charge in [-0.1, -0.05) is 19.3 Å². The fourth-order valence-electron chi connectivity index (χ4n) is 3.41. The Hall–Kier alpha value is -2.34. The zero-order valence-corrected chi connectivity index (χ0v) is 16.6. The van der Waals surface area contributed by atoms with E-state index in [1.54, 1.807) is 13.3 Å². The summed E-state index contributed by atoms with van der Waals surface area (Å²) in [4.78, 5) is 16.3. The van der Waals surface area contributed by atoms with Gasteiger partial charge in [-0.05, 0) is 43.5 Å². The maximum atomic E-state index is 12.0. The lowest BCUT2D eigenvalue weighted by molar-refractivity contribution is -0.121. The van der Waals surface area contributed by atoms with E-state index in [-0.39, 0.29) is 5.91 Å². The molecule has 1 aliphatic rings. The third kappa shape index (κ3) is 6.37. The third-order valence-corrected chi connectivity index (χ3v) is 5.04. The Kier molecular flexibility index (Phi) is 7.91. The molecule has 1 fully saturated rings. The van der Waals surface area contributed by atoms with Crippen molar-refractivity contribution in [1.82, 2.24) is 10.3 Å². The molecule has 1 saturated carbocycles. The van der Waals surface area contributed by atoms with Gasteiger partial charge in [0.25, 0.3) is 0 Å². The molecule has 0 aliphatic heterocycles. The van der Waals surface area contributed by atoms with Crippen LogP contribution in [0.5, 0.6) is 5.75 Å². The Morgan fingerprint density at radius 1 is 1.21 bits per heavy atom. The Bertz CT molecular complexity index is 720. The van der Waals surface area contributed by atoms with Crippen molar-refractivity contribution in [2.75, 3.05) is 20.3 Å². The minimum absolute atomic E-state index is 0.0156. The molecule has 152 valence electrons. The quantitative estimate of drug-likeness (QED) is 0.621. The van der Waals surface area contributed by atoms with Crippen LogP contribution in [-0.4, -0.2) is 37.3 Å². The van der Waals surface area contributed by atoms with E-state index in [4.69, 9.17) is 13.9 Å². The molecule has 0 spiro atoms. The van der Waals surface area contributed by atoms with E-state index in [1.807, 2.05) is 24.3 Å². The number of carbonyl (C=O) groups excluding carboxylic acids is 1. The van der Waals surface area contributed by atoms with Gasteiger partial charge < -0.3 is 19.2 Å². The van der Waals surface area contributed by atoms with Crippen molar-refractivity contribution in [1.29, 1.82) is 0 Å². The van der Waals surface area contributed by atoms with Crippen molar-refractivity contribution in [3.8, 4) is 17.1 Å². The van der Waals surface area contributed by atoms with Gasteiger partial charge in [-0.25, -0.2) is 4.98 Å². The lowest BCUT2D eigenvalue weighted by Gasteiger charge is -2.21. The first-order chi connectivity index (χ1) is 13.7. The zero-order valence-electron chi connectivity index (χ0n) is 16.6. The van der Waals surface area contributed by atoms with Crippen LogP contribution < -0.4 is 10.1 Å². The largest absolute Gasteiger partial charge is 0.497 e. The molecule has 3 rings (SSSR count). The SMILES string of the molecule is COc1ccc(-c2cnc(CCC(=O)NCCCOC3CCCCC3)o2)cc1. The van der Waals surface area contributed by atoms with Gasteiger partial charge in [-0.3, -0.25) is 4.79 Å². The molecule has 0 atom stereocenters. The number of benzene rings is 1. The van der Waals surface area contributed by atoms with Gasteiger partial charge in [-0.2, -0.15) is 0 Å². The standard InChI is InChI=1S/C22H30N2O4/c1-26-18-10-8-17(9-11-18)20-16-24-22(28-20)13-12-21(25)23-14-5-15-27-19-6-3-2-4-7-19/h8-11,16,19H,2-7,12-15H2,1H3,(H,23,25). The minimum Gasteiger partial charge on any atom is -0.497 e. The van der Waals surface area contributed by atoms with E-state index in [0.717, 1.165) is 24.3 Å². The van der Waals surface area contributed by atoms with Crippen LogP contribution in [0, 0.1) is 0 Å². The molecule has 1 heterocycles. The average molecular weight is 386 g/mol. The molecule has 0 unspecified atom stereocenters. The van der Waals surface area contributed by atoms with E-state index >= 15 is 0 Å². The number of nitrogens with zero attached hydrogens (tertiary/aromatic N) is 1. The highest BCUT2D eigenvalue weighted by Gasteiger charge is 2.13. The summed E-state index contributed by atoms with van der Waals surface area (Å²) in [6, 6.07) is 7.60. The van der Waals surface area contributed by atoms with E-state index in [9.17, 15) is 4.79 Å². The van der Waals surface area contributed by atoms with Crippen molar-refractivity contribution in [3.05, 3.63) is 36.4 Å². The molecule has 2 aromatic rings. The second-order valence-corrected chi connectivity index (χ2v) is 7.18. The van der Waals surface area contributed by atoms with Gasteiger partial charge in [0, 0.05) is 31.6 Å².